The largest absolute Gasteiger partial charge is 0.454 e. The van der Waals surface area contributed by atoms with Crippen LogP contribution in [-0.4, -0.2) is 21.1 Å². The number of hydrogen-bond acceptors (Lipinski definition) is 6. The van der Waals surface area contributed by atoms with E-state index in [1.54, 1.807) is 60.7 Å². The van der Waals surface area contributed by atoms with Crippen molar-refractivity contribution in [1.82, 2.24) is 0 Å². The van der Waals surface area contributed by atoms with E-state index in [4.69, 9.17) is 9.47 Å². The van der Waals surface area contributed by atoms with Gasteiger partial charge in [-0.1, -0.05) is 48.5 Å². The molecule has 0 saturated heterocycles. The molecule has 2 N–H and O–H groups in total. The van der Waals surface area contributed by atoms with Gasteiger partial charge in [-0.05, 0) is 54.1 Å². The molecule has 0 aromatic heterocycles. The molecule has 0 fully saturated rings. The van der Waals surface area contributed by atoms with E-state index in [9.17, 15) is 13.2 Å². The number of anilines is 2. The molecule has 1 unspecified atom stereocenters. The fourth-order valence-electron chi connectivity index (χ4n) is 3.63. The van der Waals surface area contributed by atoms with Crippen LogP contribution < -0.4 is 19.5 Å². The molecule has 9 heteroatoms. The number of benzene rings is 4. The minimum absolute atomic E-state index is 0.159. The number of amides is 1. The monoisotopic (exact) mass is 518 g/mol. The Bertz CT molecular complexity index is 1460. The quantitative estimate of drug-likeness (QED) is 0.291. The van der Waals surface area contributed by atoms with Crippen molar-refractivity contribution in [2.24, 2.45) is 0 Å². The molecule has 1 aliphatic heterocycles. The lowest BCUT2D eigenvalue weighted by molar-refractivity contribution is -0.115. The van der Waals surface area contributed by atoms with Crippen molar-refractivity contribution in [3.05, 3.63) is 109 Å². The summed E-state index contributed by atoms with van der Waals surface area (Å²) in [6, 6.07) is 29.9. The van der Waals surface area contributed by atoms with Gasteiger partial charge >= 0.3 is 0 Å². The highest BCUT2D eigenvalue weighted by atomic mass is 32.2. The predicted molar refractivity (Wildman–Crippen MR) is 140 cm³/mol. The van der Waals surface area contributed by atoms with Crippen LogP contribution in [0.2, 0.25) is 0 Å². The first-order valence-corrected chi connectivity index (χ1v) is 13.4. The van der Waals surface area contributed by atoms with E-state index in [1.807, 2.05) is 30.3 Å². The summed E-state index contributed by atoms with van der Waals surface area (Å²) in [4.78, 5) is 14.3. The van der Waals surface area contributed by atoms with Crippen molar-refractivity contribution in [3.63, 3.8) is 0 Å². The summed E-state index contributed by atoms with van der Waals surface area (Å²) >= 11 is 1.37. The number of sulfonamides is 1. The molecule has 0 bridgehead atoms. The van der Waals surface area contributed by atoms with Gasteiger partial charge in [0.2, 0.25) is 12.7 Å². The topological polar surface area (TPSA) is 93.7 Å². The molecule has 0 aliphatic carbocycles. The molecule has 36 heavy (non-hydrogen) atoms. The molecule has 5 rings (SSSR count). The highest BCUT2D eigenvalue weighted by Gasteiger charge is 2.23. The maximum absolute atomic E-state index is 13.3. The Morgan fingerprint density at radius 1 is 0.778 bits per heavy atom. The zero-order valence-electron chi connectivity index (χ0n) is 19.0. The van der Waals surface area contributed by atoms with Crippen molar-refractivity contribution >= 4 is 39.1 Å². The van der Waals surface area contributed by atoms with E-state index in [0.717, 1.165) is 10.5 Å². The third-order valence-corrected chi connectivity index (χ3v) is 8.06. The smallest absolute Gasteiger partial charge is 0.261 e. The second-order valence-corrected chi connectivity index (χ2v) is 10.8. The summed E-state index contributed by atoms with van der Waals surface area (Å²) in [5.41, 5.74) is 1.88. The Balaban J connectivity index is 1.33. The molecule has 0 radical (unpaired) electrons. The standard InChI is InChI=1S/C27H22N2O5S2/c30-27(28-21-13-16-24-25(17-21)34-18-33-24)26(19-7-3-1-4-8-19)35-22-14-11-20(12-15-22)29-36(31,32)23-9-5-2-6-10-23/h1-17,26,29H,18H2,(H,28,30). The summed E-state index contributed by atoms with van der Waals surface area (Å²) in [5, 5.41) is 2.43. The molecule has 1 heterocycles. The Kier molecular flexibility index (Phi) is 6.84. The zero-order valence-corrected chi connectivity index (χ0v) is 20.6. The van der Waals surface area contributed by atoms with Crippen molar-refractivity contribution in [2.75, 3.05) is 16.8 Å². The molecular formula is C27H22N2O5S2. The van der Waals surface area contributed by atoms with Crippen LogP contribution in [0.5, 0.6) is 11.5 Å². The van der Waals surface area contributed by atoms with Gasteiger partial charge in [-0.2, -0.15) is 0 Å². The molecule has 0 saturated carbocycles. The molecular weight excluding hydrogens is 496 g/mol. The van der Waals surface area contributed by atoms with Gasteiger partial charge in [-0.15, -0.1) is 11.8 Å². The fraction of sp³-hybridized carbons (Fsp3) is 0.0741. The summed E-state index contributed by atoms with van der Waals surface area (Å²) < 4.78 is 38.5. The SMILES string of the molecule is O=C(Nc1ccc2c(c1)OCO2)C(Sc1ccc(NS(=O)(=O)c2ccccc2)cc1)c1ccccc1. The first-order valence-electron chi connectivity index (χ1n) is 11.1. The minimum atomic E-state index is -3.68. The van der Waals surface area contributed by atoms with Crippen molar-refractivity contribution < 1.29 is 22.7 Å². The number of nitrogens with one attached hydrogen (secondary N) is 2. The van der Waals surface area contributed by atoms with Gasteiger partial charge in [0.1, 0.15) is 5.25 Å². The number of ether oxygens (including phenoxy) is 2. The highest BCUT2D eigenvalue weighted by Crippen LogP contribution is 2.38. The second kappa shape index (κ2) is 10.3. The lowest BCUT2D eigenvalue weighted by atomic mass is 10.1. The van der Waals surface area contributed by atoms with Crippen molar-refractivity contribution in [3.8, 4) is 11.5 Å². The summed E-state index contributed by atoms with van der Waals surface area (Å²) in [6.45, 7) is 0.159. The van der Waals surface area contributed by atoms with Crippen molar-refractivity contribution in [1.29, 1.82) is 0 Å². The third kappa shape index (κ3) is 5.48. The number of thioether (sulfide) groups is 1. The molecule has 0 spiro atoms. The predicted octanol–water partition coefficient (Wildman–Crippen LogP) is 5.69. The molecule has 1 amide bonds. The minimum Gasteiger partial charge on any atom is -0.454 e. The average Bonchev–Trinajstić information content (AvgIpc) is 3.37. The Labute approximate surface area is 213 Å². The second-order valence-electron chi connectivity index (χ2n) is 7.91. The molecule has 4 aromatic rings. The maximum atomic E-state index is 13.3. The van der Waals surface area contributed by atoms with Gasteiger partial charge in [0.25, 0.3) is 10.0 Å². The highest BCUT2D eigenvalue weighted by molar-refractivity contribution is 8.00. The molecule has 4 aromatic carbocycles. The average molecular weight is 519 g/mol. The van der Waals surface area contributed by atoms with Crippen LogP contribution in [0.1, 0.15) is 10.8 Å². The van der Waals surface area contributed by atoms with Crippen molar-refractivity contribution in [2.45, 2.75) is 15.0 Å². The summed E-state index contributed by atoms with van der Waals surface area (Å²) in [5.74, 6) is 1.04. The molecule has 7 nitrogen and oxygen atoms in total. The van der Waals surface area contributed by atoms with E-state index in [-0.39, 0.29) is 17.6 Å². The first kappa shape index (κ1) is 23.8. The van der Waals surface area contributed by atoms with Gasteiger partial charge in [-0.25, -0.2) is 8.42 Å². The maximum Gasteiger partial charge on any atom is 0.261 e. The van der Waals surface area contributed by atoms with Gasteiger partial charge in [0, 0.05) is 22.3 Å². The van der Waals surface area contributed by atoms with Crippen LogP contribution in [0.4, 0.5) is 11.4 Å². The van der Waals surface area contributed by atoms with Crippen LogP contribution in [0.25, 0.3) is 0 Å². The van der Waals surface area contributed by atoms with Crippen LogP contribution in [-0.2, 0) is 14.8 Å². The molecule has 1 atom stereocenters. The Hall–Kier alpha value is -3.95. The Morgan fingerprint density at radius 3 is 2.14 bits per heavy atom. The third-order valence-electron chi connectivity index (χ3n) is 5.39. The van der Waals surface area contributed by atoms with E-state index in [0.29, 0.717) is 22.9 Å². The zero-order chi connectivity index (χ0) is 25.0. The summed E-state index contributed by atoms with van der Waals surface area (Å²) in [7, 11) is -3.68. The van der Waals surface area contributed by atoms with Gasteiger partial charge in [-0.3, -0.25) is 9.52 Å². The number of fused-ring (bicyclic) bond motifs is 1. The van der Waals surface area contributed by atoms with Gasteiger partial charge < -0.3 is 14.8 Å². The van der Waals surface area contributed by atoms with Crippen LogP contribution in [0, 0.1) is 0 Å². The number of carbonyl (C=O) groups excluding carboxylic acids is 1. The van der Waals surface area contributed by atoms with E-state index < -0.39 is 15.3 Å². The normalized spacial score (nSPS) is 13.1. The molecule has 182 valence electrons. The van der Waals surface area contributed by atoms with E-state index in [1.165, 1.54) is 23.9 Å². The molecule has 1 aliphatic rings. The van der Waals surface area contributed by atoms with Gasteiger partial charge in [0.05, 0.1) is 4.90 Å². The van der Waals surface area contributed by atoms with E-state index >= 15 is 0 Å². The number of hydrogen-bond donors (Lipinski definition) is 2. The van der Waals surface area contributed by atoms with Gasteiger partial charge in [0.15, 0.2) is 11.5 Å². The van der Waals surface area contributed by atoms with E-state index in [2.05, 4.69) is 10.0 Å². The lowest BCUT2D eigenvalue weighted by Crippen LogP contribution is -2.19. The summed E-state index contributed by atoms with van der Waals surface area (Å²) in [6.07, 6.45) is 0. The first-order chi connectivity index (χ1) is 17.5. The van der Waals surface area contributed by atoms with Crippen LogP contribution >= 0.6 is 11.8 Å². The Morgan fingerprint density at radius 2 is 1.42 bits per heavy atom. The number of rotatable bonds is 8. The fourth-order valence-corrected chi connectivity index (χ4v) is 5.74. The van der Waals surface area contributed by atoms with Crippen LogP contribution in [0.3, 0.4) is 0 Å². The number of carbonyl (C=O) groups is 1. The van der Waals surface area contributed by atoms with Crippen LogP contribution in [0.15, 0.2) is 113 Å². The lowest BCUT2D eigenvalue weighted by Gasteiger charge is -2.17.